The first-order valence-corrected chi connectivity index (χ1v) is 4.59. The van der Waals surface area contributed by atoms with E-state index < -0.39 is 0 Å². The summed E-state index contributed by atoms with van der Waals surface area (Å²) in [6, 6.07) is 6.11. The van der Waals surface area contributed by atoms with Crippen LogP contribution in [-0.2, 0) is 13.0 Å². The molecule has 0 saturated heterocycles. The van der Waals surface area contributed by atoms with Crippen LogP contribution in [0.4, 0.5) is 0 Å². The molecule has 13 heavy (non-hydrogen) atoms. The standard InChI is InChI=1S/C11H17NO/c1-8-4-3-5-10(7-13)11(8)6-9(2)12/h3-5,9,13H,6-7,12H2,1-2H3. The number of hydrogen-bond donors (Lipinski definition) is 2. The number of hydrogen-bond acceptors (Lipinski definition) is 2. The van der Waals surface area contributed by atoms with E-state index in [-0.39, 0.29) is 12.6 Å². The molecule has 0 radical (unpaired) electrons. The lowest BCUT2D eigenvalue weighted by Crippen LogP contribution is -2.19. The second kappa shape index (κ2) is 4.40. The largest absolute Gasteiger partial charge is 0.392 e. The highest BCUT2D eigenvalue weighted by atomic mass is 16.3. The van der Waals surface area contributed by atoms with Gasteiger partial charge in [0.25, 0.3) is 0 Å². The van der Waals surface area contributed by atoms with E-state index >= 15 is 0 Å². The Balaban J connectivity index is 3.00. The molecular formula is C11H17NO. The van der Waals surface area contributed by atoms with Gasteiger partial charge in [-0.2, -0.15) is 0 Å². The predicted octanol–water partition coefficient (Wildman–Crippen LogP) is 1.38. The number of aryl methyl sites for hydroxylation is 1. The number of rotatable bonds is 3. The topological polar surface area (TPSA) is 46.2 Å². The van der Waals surface area contributed by atoms with Crippen LogP contribution in [0.5, 0.6) is 0 Å². The zero-order chi connectivity index (χ0) is 9.84. The van der Waals surface area contributed by atoms with E-state index in [0.717, 1.165) is 12.0 Å². The molecule has 0 aliphatic carbocycles. The maximum absolute atomic E-state index is 9.11. The van der Waals surface area contributed by atoms with Crippen molar-refractivity contribution in [3.63, 3.8) is 0 Å². The molecular weight excluding hydrogens is 162 g/mol. The van der Waals surface area contributed by atoms with Gasteiger partial charge in [-0.1, -0.05) is 18.2 Å². The first-order valence-electron chi connectivity index (χ1n) is 4.59. The summed E-state index contributed by atoms with van der Waals surface area (Å²) in [7, 11) is 0. The van der Waals surface area contributed by atoms with E-state index in [2.05, 4.69) is 13.0 Å². The fourth-order valence-electron chi connectivity index (χ4n) is 1.53. The Morgan fingerprint density at radius 3 is 2.69 bits per heavy atom. The van der Waals surface area contributed by atoms with E-state index in [1.165, 1.54) is 11.1 Å². The quantitative estimate of drug-likeness (QED) is 0.736. The molecule has 1 aromatic carbocycles. The minimum Gasteiger partial charge on any atom is -0.392 e. The molecule has 3 N–H and O–H groups in total. The Morgan fingerprint density at radius 2 is 2.15 bits per heavy atom. The van der Waals surface area contributed by atoms with Crippen LogP contribution >= 0.6 is 0 Å². The predicted molar refractivity (Wildman–Crippen MR) is 54.5 cm³/mol. The number of nitrogens with two attached hydrogens (primary N) is 1. The normalized spacial score (nSPS) is 12.9. The maximum atomic E-state index is 9.11. The molecule has 1 unspecified atom stereocenters. The molecule has 1 atom stereocenters. The Hall–Kier alpha value is -0.860. The average Bonchev–Trinajstić information content (AvgIpc) is 2.08. The molecule has 0 spiro atoms. The summed E-state index contributed by atoms with van der Waals surface area (Å²) in [4.78, 5) is 0. The summed E-state index contributed by atoms with van der Waals surface area (Å²) in [5, 5.41) is 9.11. The fraction of sp³-hybridized carbons (Fsp3) is 0.455. The first kappa shape index (κ1) is 10.2. The van der Waals surface area contributed by atoms with Gasteiger partial charge < -0.3 is 10.8 Å². The zero-order valence-corrected chi connectivity index (χ0v) is 8.25. The van der Waals surface area contributed by atoms with Crippen molar-refractivity contribution in [1.29, 1.82) is 0 Å². The minimum absolute atomic E-state index is 0.101. The van der Waals surface area contributed by atoms with E-state index in [1.807, 2.05) is 19.1 Å². The van der Waals surface area contributed by atoms with Crippen LogP contribution in [-0.4, -0.2) is 11.1 Å². The van der Waals surface area contributed by atoms with Gasteiger partial charge in [0.15, 0.2) is 0 Å². The van der Waals surface area contributed by atoms with Crippen molar-refractivity contribution in [1.82, 2.24) is 0 Å². The summed E-state index contributed by atoms with van der Waals surface area (Å²) in [6.07, 6.45) is 0.836. The van der Waals surface area contributed by atoms with Gasteiger partial charge in [-0.3, -0.25) is 0 Å². The van der Waals surface area contributed by atoms with Crippen LogP contribution < -0.4 is 5.73 Å². The van der Waals surface area contributed by atoms with Crippen molar-refractivity contribution in [2.45, 2.75) is 32.9 Å². The van der Waals surface area contributed by atoms with Crippen LogP contribution in [0.15, 0.2) is 18.2 Å². The molecule has 0 amide bonds. The number of aliphatic hydroxyl groups excluding tert-OH is 1. The van der Waals surface area contributed by atoms with Gasteiger partial charge in [0, 0.05) is 6.04 Å². The molecule has 0 aliphatic heterocycles. The molecule has 1 aromatic rings. The Bertz CT molecular complexity index is 281. The summed E-state index contributed by atoms with van der Waals surface area (Å²) >= 11 is 0. The third kappa shape index (κ3) is 2.54. The van der Waals surface area contributed by atoms with Crippen LogP contribution in [0, 0.1) is 6.92 Å². The zero-order valence-electron chi connectivity index (χ0n) is 8.25. The molecule has 0 aliphatic rings. The van der Waals surface area contributed by atoms with Gasteiger partial charge in [-0.05, 0) is 37.0 Å². The van der Waals surface area contributed by atoms with Crippen molar-refractivity contribution in [3.05, 3.63) is 34.9 Å². The SMILES string of the molecule is Cc1cccc(CO)c1CC(C)N. The van der Waals surface area contributed by atoms with Crippen LogP contribution in [0.2, 0.25) is 0 Å². The Morgan fingerprint density at radius 1 is 1.46 bits per heavy atom. The van der Waals surface area contributed by atoms with E-state index in [0.29, 0.717) is 0 Å². The van der Waals surface area contributed by atoms with Crippen molar-refractivity contribution < 1.29 is 5.11 Å². The van der Waals surface area contributed by atoms with E-state index in [4.69, 9.17) is 10.8 Å². The van der Waals surface area contributed by atoms with Gasteiger partial charge >= 0.3 is 0 Å². The molecule has 0 fully saturated rings. The lowest BCUT2D eigenvalue weighted by Gasteiger charge is -2.12. The van der Waals surface area contributed by atoms with Gasteiger partial charge in [-0.15, -0.1) is 0 Å². The van der Waals surface area contributed by atoms with Gasteiger partial charge in [0.2, 0.25) is 0 Å². The van der Waals surface area contributed by atoms with Gasteiger partial charge in [0.05, 0.1) is 6.61 Å². The summed E-state index contributed by atoms with van der Waals surface area (Å²) in [6.45, 7) is 4.13. The molecule has 0 saturated carbocycles. The molecule has 2 heteroatoms. The van der Waals surface area contributed by atoms with Crippen LogP contribution in [0.25, 0.3) is 0 Å². The molecule has 0 bridgehead atoms. The number of benzene rings is 1. The lowest BCUT2D eigenvalue weighted by atomic mass is 9.97. The smallest absolute Gasteiger partial charge is 0.0684 e. The molecule has 0 heterocycles. The average molecular weight is 179 g/mol. The maximum Gasteiger partial charge on any atom is 0.0684 e. The fourth-order valence-corrected chi connectivity index (χ4v) is 1.53. The van der Waals surface area contributed by atoms with E-state index in [9.17, 15) is 0 Å². The van der Waals surface area contributed by atoms with Crippen molar-refractivity contribution >= 4 is 0 Å². The molecule has 0 aromatic heterocycles. The monoisotopic (exact) mass is 179 g/mol. The van der Waals surface area contributed by atoms with Crippen molar-refractivity contribution in [2.75, 3.05) is 0 Å². The highest BCUT2D eigenvalue weighted by molar-refractivity contribution is 5.34. The van der Waals surface area contributed by atoms with Gasteiger partial charge in [-0.25, -0.2) is 0 Å². The second-order valence-electron chi connectivity index (χ2n) is 3.55. The number of aliphatic hydroxyl groups is 1. The first-order chi connectivity index (χ1) is 6.15. The van der Waals surface area contributed by atoms with Gasteiger partial charge in [0.1, 0.15) is 0 Å². The van der Waals surface area contributed by atoms with Crippen LogP contribution in [0.3, 0.4) is 0 Å². The van der Waals surface area contributed by atoms with Crippen molar-refractivity contribution in [2.24, 2.45) is 5.73 Å². The lowest BCUT2D eigenvalue weighted by molar-refractivity contribution is 0.280. The summed E-state index contributed by atoms with van der Waals surface area (Å²) in [5.41, 5.74) is 9.14. The third-order valence-corrected chi connectivity index (χ3v) is 2.20. The Labute approximate surface area is 79.4 Å². The van der Waals surface area contributed by atoms with Crippen molar-refractivity contribution in [3.8, 4) is 0 Å². The van der Waals surface area contributed by atoms with E-state index in [1.54, 1.807) is 0 Å². The summed E-state index contributed by atoms with van der Waals surface area (Å²) < 4.78 is 0. The summed E-state index contributed by atoms with van der Waals surface area (Å²) in [5.74, 6) is 0. The third-order valence-electron chi connectivity index (χ3n) is 2.20. The molecule has 72 valence electrons. The molecule has 1 rings (SSSR count). The second-order valence-corrected chi connectivity index (χ2v) is 3.55. The minimum atomic E-state index is 0.101. The highest BCUT2D eigenvalue weighted by Gasteiger charge is 2.06. The molecule has 2 nitrogen and oxygen atoms in total. The highest BCUT2D eigenvalue weighted by Crippen LogP contribution is 2.15. The Kier molecular flexibility index (Phi) is 3.46. The van der Waals surface area contributed by atoms with Crippen LogP contribution in [0.1, 0.15) is 23.6 Å².